The molecule has 0 spiro atoms. The van der Waals surface area contributed by atoms with Crippen molar-refractivity contribution in [3.8, 4) is 5.19 Å². The van der Waals surface area contributed by atoms with E-state index < -0.39 is 6.10 Å². The molecule has 0 aromatic carbocycles. The fourth-order valence-electron chi connectivity index (χ4n) is 4.66. The smallest absolute Gasteiger partial charge is 0.273 e. The summed E-state index contributed by atoms with van der Waals surface area (Å²) in [6, 6.07) is 0. The fraction of sp³-hybridized carbons (Fsp3) is 0.800. The number of hydrogen-bond acceptors (Lipinski definition) is 5. The zero-order valence-electron chi connectivity index (χ0n) is 16.2. The molecule has 2 saturated carbocycles. The van der Waals surface area contributed by atoms with Gasteiger partial charge in [-0.15, -0.1) is 0 Å². The first-order chi connectivity index (χ1) is 12.3. The molecule has 146 valence electrons. The molecule has 5 nitrogen and oxygen atoms in total. The van der Waals surface area contributed by atoms with Crippen molar-refractivity contribution in [3.63, 3.8) is 0 Å². The number of fused-ring (bicyclic) bond motifs is 2. The summed E-state index contributed by atoms with van der Waals surface area (Å²) in [4.78, 5) is 17.0. The SMILES string of the molecule is CC(C)(C)CC(O)COc1ncc(C(=O)NCCC2C3CCC2CC3)s1. The first kappa shape index (κ1) is 19.6. The van der Waals surface area contributed by atoms with E-state index in [0.717, 1.165) is 30.7 Å². The second-order valence-electron chi connectivity index (χ2n) is 9.10. The molecule has 26 heavy (non-hydrogen) atoms. The van der Waals surface area contributed by atoms with Gasteiger partial charge in [0.05, 0.1) is 12.3 Å². The molecular weight excluding hydrogens is 348 g/mol. The number of rotatable bonds is 8. The van der Waals surface area contributed by atoms with Gasteiger partial charge in [0, 0.05) is 6.54 Å². The van der Waals surface area contributed by atoms with Gasteiger partial charge in [0.1, 0.15) is 11.5 Å². The summed E-state index contributed by atoms with van der Waals surface area (Å²) >= 11 is 1.24. The van der Waals surface area contributed by atoms with Crippen LogP contribution in [-0.2, 0) is 0 Å². The van der Waals surface area contributed by atoms with Crippen LogP contribution in [0.2, 0.25) is 0 Å². The number of nitrogens with one attached hydrogen (secondary N) is 1. The lowest BCUT2D eigenvalue weighted by atomic mass is 9.89. The molecule has 2 aliphatic carbocycles. The van der Waals surface area contributed by atoms with Gasteiger partial charge in [-0.05, 0) is 61.7 Å². The average Bonchev–Trinajstić information content (AvgIpc) is 3.27. The van der Waals surface area contributed by atoms with Crippen LogP contribution in [0.5, 0.6) is 5.19 Å². The molecule has 2 fully saturated rings. The Kier molecular flexibility index (Phi) is 6.23. The highest BCUT2D eigenvalue weighted by molar-refractivity contribution is 7.15. The number of thiazole rings is 1. The topological polar surface area (TPSA) is 71.5 Å². The zero-order chi connectivity index (χ0) is 18.7. The fourth-order valence-corrected chi connectivity index (χ4v) is 5.35. The molecule has 2 aliphatic rings. The molecule has 1 unspecified atom stereocenters. The summed E-state index contributed by atoms with van der Waals surface area (Å²) in [5.74, 6) is 2.55. The number of amides is 1. The summed E-state index contributed by atoms with van der Waals surface area (Å²) in [5, 5.41) is 13.5. The molecule has 1 amide bonds. The second kappa shape index (κ2) is 8.26. The highest BCUT2D eigenvalue weighted by Crippen LogP contribution is 2.50. The maximum Gasteiger partial charge on any atom is 0.273 e. The number of aliphatic hydroxyl groups excluding tert-OH is 1. The molecule has 1 aromatic heterocycles. The largest absolute Gasteiger partial charge is 0.467 e. The van der Waals surface area contributed by atoms with Gasteiger partial charge < -0.3 is 15.2 Å². The molecular formula is C20H32N2O3S. The highest BCUT2D eigenvalue weighted by Gasteiger charge is 2.40. The summed E-state index contributed by atoms with van der Waals surface area (Å²) in [6.07, 6.45) is 8.35. The third kappa shape index (κ3) is 5.19. The van der Waals surface area contributed by atoms with Crippen molar-refractivity contribution in [2.75, 3.05) is 13.2 Å². The molecule has 3 rings (SSSR count). The zero-order valence-corrected chi connectivity index (χ0v) is 17.0. The Balaban J connectivity index is 1.39. The van der Waals surface area contributed by atoms with Crippen LogP contribution in [-0.4, -0.2) is 35.3 Å². The van der Waals surface area contributed by atoms with Gasteiger partial charge in [0.25, 0.3) is 11.1 Å². The van der Waals surface area contributed by atoms with Crippen molar-refractivity contribution in [3.05, 3.63) is 11.1 Å². The van der Waals surface area contributed by atoms with Crippen LogP contribution in [0.25, 0.3) is 0 Å². The number of carbonyl (C=O) groups is 1. The number of aliphatic hydroxyl groups is 1. The third-order valence-electron chi connectivity index (χ3n) is 5.75. The predicted molar refractivity (Wildman–Crippen MR) is 104 cm³/mol. The van der Waals surface area contributed by atoms with E-state index in [9.17, 15) is 9.90 Å². The van der Waals surface area contributed by atoms with Gasteiger partial charge in [-0.2, -0.15) is 0 Å². The van der Waals surface area contributed by atoms with Crippen LogP contribution < -0.4 is 10.1 Å². The lowest BCUT2D eigenvalue weighted by Gasteiger charge is -2.21. The van der Waals surface area contributed by atoms with Crippen LogP contribution in [0, 0.1) is 23.2 Å². The Morgan fingerprint density at radius 2 is 2.00 bits per heavy atom. The van der Waals surface area contributed by atoms with Crippen molar-refractivity contribution >= 4 is 17.2 Å². The maximum absolute atomic E-state index is 12.3. The molecule has 2 bridgehead atoms. The van der Waals surface area contributed by atoms with E-state index in [2.05, 4.69) is 31.1 Å². The van der Waals surface area contributed by atoms with Crippen LogP contribution >= 0.6 is 11.3 Å². The first-order valence-electron chi connectivity index (χ1n) is 9.87. The van der Waals surface area contributed by atoms with Crippen LogP contribution in [0.15, 0.2) is 6.20 Å². The number of carbonyl (C=O) groups excluding carboxylic acids is 1. The van der Waals surface area contributed by atoms with Gasteiger partial charge >= 0.3 is 0 Å². The van der Waals surface area contributed by atoms with Gasteiger partial charge in [-0.25, -0.2) is 4.98 Å². The minimum Gasteiger partial charge on any atom is -0.467 e. The van der Waals surface area contributed by atoms with E-state index in [1.54, 1.807) is 6.20 Å². The first-order valence-corrected chi connectivity index (χ1v) is 10.7. The van der Waals surface area contributed by atoms with Gasteiger partial charge in [0.15, 0.2) is 0 Å². The van der Waals surface area contributed by atoms with Crippen LogP contribution in [0.1, 0.15) is 69.0 Å². The molecule has 0 saturated heterocycles. The molecule has 6 heteroatoms. The summed E-state index contributed by atoms with van der Waals surface area (Å²) in [5.41, 5.74) is 0.0511. The summed E-state index contributed by atoms with van der Waals surface area (Å²) in [6.45, 7) is 7.20. The van der Waals surface area contributed by atoms with E-state index in [1.807, 2.05) is 0 Å². The molecule has 1 heterocycles. The maximum atomic E-state index is 12.3. The number of hydrogen-bond donors (Lipinski definition) is 2. The Morgan fingerprint density at radius 3 is 2.62 bits per heavy atom. The average molecular weight is 381 g/mol. The standard InChI is InChI=1S/C20H32N2O3S/c1-20(2,3)10-15(23)12-25-19-22-11-17(26-19)18(24)21-9-8-16-13-4-5-14(16)7-6-13/h11,13-16,23H,4-10,12H2,1-3H3,(H,21,24). The van der Waals surface area contributed by atoms with E-state index >= 15 is 0 Å². The minimum absolute atomic E-state index is 0.0511. The number of ether oxygens (including phenoxy) is 1. The normalized spacial score (nSPS) is 26.1. The van der Waals surface area contributed by atoms with Gasteiger partial charge in [-0.3, -0.25) is 4.79 Å². The van der Waals surface area contributed by atoms with Crippen molar-refractivity contribution in [1.29, 1.82) is 0 Å². The van der Waals surface area contributed by atoms with Crippen LogP contribution in [0.3, 0.4) is 0 Å². The molecule has 1 atom stereocenters. The van der Waals surface area contributed by atoms with Crippen molar-refractivity contribution in [2.24, 2.45) is 23.2 Å². The summed E-state index contributed by atoms with van der Waals surface area (Å²) in [7, 11) is 0. The van der Waals surface area contributed by atoms with E-state index in [1.165, 1.54) is 37.0 Å². The Bertz CT molecular complexity index is 590. The molecule has 1 aromatic rings. The highest BCUT2D eigenvalue weighted by atomic mass is 32.1. The predicted octanol–water partition coefficient (Wildman–Crippen LogP) is 3.88. The Hall–Kier alpha value is -1.14. The Labute approximate surface area is 160 Å². The lowest BCUT2D eigenvalue weighted by Crippen LogP contribution is -2.26. The minimum atomic E-state index is -0.530. The van der Waals surface area contributed by atoms with Gasteiger partial charge in [0.2, 0.25) is 0 Å². The van der Waals surface area contributed by atoms with E-state index in [4.69, 9.17) is 4.74 Å². The van der Waals surface area contributed by atoms with E-state index in [0.29, 0.717) is 16.5 Å². The van der Waals surface area contributed by atoms with Crippen molar-refractivity contribution in [1.82, 2.24) is 10.3 Å². The second-order valence-corrected chi connectivity index (χ2v) is 10.1. The van der Waals surface area contributed by atoms with Crippen molar-refractivity contribution in [2.45, 2.75) is 65.4 Å². The molecule has 0 radical (unpaired) electrons. The van der Waals surface area contributed by atoms with Crippen LogP contribution in [0.4, 0.5) is 0 Å². The third-order valence-corrected chi connectivity index (χ3v) is 6.65. The summed E-state index contributed by atoms with van der Waals surface area (Å²) < 4.78 is 5.54. The monoisotopic (exact) mass is 380 g/mol. The quantitative estimate of drug-likeness (QED) is 0.718. The molecule has 0 aliphatic heterocycles. The lowest BCUT2D eigenvalue weighted by molar-refractivity contribution is 0.0709. The molecule has 2 N–H and O–H groups in total. The Morgan fingerprint density at radius 1 is 1.35 bits per heavy atom. The van der Waals surface area contributed by atoms with E-state index in [-0.39, 0.29) is 17.9 Å². The number of nitrogens with zero attached hydrogens (tertiary/aromatic N) is 1. The van der Waals surface area contributed by atoms with Crippen molar-refractivity contribution < 1.29 is 14.6 Å². The van der Waals surface area contributed by atoms with Gasteiger partial charge in [-0.1, -0.05) is 32.1 Å². The number of aromatic nitrogens is 1.